The predicted molar refractivity (Wildman–Crippen MR) is 111 cm³/mol. The first-order valence-corrected chi connectivity index (χ1v) is 10.5. The van der Waals surface area contributed by atoms with Gasteiger partial charge in [-0.2, -0.15) is 0 Å². The van der Waals surface area contributed by atoms with Crippen molar-refractivity contribution in [3.63, 3.8) is 0 Å². The Kier molecular flexibility index (Phi) is 6.22. The number of carbonyl (C=O) groups is 1. The lowest BCUT2D eigenvalue weighted by atomic mass is 9.92. The third-order valence-corrected chi connectivity index (χ3v) is 5.70. The normalized spacial score (nSPS) is 17.2. The Morgan fingerprint density at radius 2 is 1.86 bits per heavy atom. The topological polar surface area (TPSA) is 70.2 Å². The number of benzene rings is 1. The van der Waals surface area contributed by atoms with Gasteiger partial charge in [0, 0.05) is 38.2 Å². The van der Waals surface area contributed by atoms with Crippen molar-refractivity contribution in [3.8, 4) is 0 Å². The summed E-state index contributed by atoms with van der Waals surface area (Å²) in [5, 5.41) is 6.35. The second kappa shape index (κ2) is 9.20. The summed E-state index contributed by atoms with van der Waals surface area (Å²) in [6, 6.07) is 8.85. The summed E-state index contributed by atoms with van der Waals surface area (Å²) < 4.78 is 12.9. The molecule has 1 aromatic heterocycles. The monoisotopic (exact) mass is 397 g/mol. The number of hydrogen-bond acceptors (Lipinski definition) is 5. The van der Waals surface area contributed by atoms with Gasteiger partial charge in [-0.1, -0.05) is 12.1 Å². The summed E-state index contributed by atoms with van der Waals surface area (Å²) >= 11 is 0. The number of halogens is 1. The minimum absolute atomic E-state index is 0.0587. The number of nitrogens with one attached hydrogen (secondary N) is 2. The van der Waals surface area contributed by atoms with Crippen LogP contribution in [0.25, 0.3) is 0 Å². The molecule has 2 aliphatic rings. The van der Waals surface area contributed by atoms with Gasteiger partial charge < -0.3 is 15.5 Å². The van der Waals surface area contributed by atoms with Crippen LogP contribution in [0.4, 0.5) is 16.0 Å². The van der Waals surface area contributed by atoms with E-state index in [1.807, 2.05) is 6.07 Å². The van der Waals surface area contributed by atoms with Crippen LogP contribution in [0.2, 0.25) is 0 Å². The van der Waals surface area contributed by atoms with Crippen LogP contribution < -0.4 is 15.5 Å². The first kappa shape index (κ1) is 19.6. The van der Waals surface area contributed by atoms with E-state index in [0.717, 1.165) is 49.6 Å². The predicted octanol–water partition coefficient (Wildman–Crippen LogP) is 3.50. The van der Waals surface area contributed by atoms with Crippen molar-refractivity contribution in [2.24, 2.45) is 5.92 Å². The third kappa shape index (κ3) is 5.89. The molecule has 29 heavy (non-hydrogen) atoms. The van der Waals surface area contributed by atoms with E-state index in [4.69, 9.17) is 0 Å². The van der Waals surface area contributed by atoms with Crippen molar-refractivity contribution < 1.29 is 9.18 Å². The standard InChI is InChI=1S/C22H28FN5O/c23-18-4-1-17(2-5-18)14-24-22(29)8-3-16-9-11-28(12-10-16)21-13-20(25-15-26-21)27-19-6-7-19/h1-2,4-5,13,15-16,19H,3,6-12,14H2,(H,24,29)(H,25,26,27). The van der Waals surface area contributed by atoms with Gasteiger partial charge in [-0.15, -0.1) is 0 Å². The Morgan fingerprint density at radius 3 is 2.59 bits per heavy atom. The van der Waals surface area contributed by atoms with Crippen molar-refractivity contribution in [1.29, 1.82) is 0 Å². The zero-order chi connectivity index (χ0) is 20.1. The molecule has 0 unspecified atom stereocenters. The molecule has 4 rings (SSSR count). The second-order valence-corrected chi connectivity index (χ2v) is 8.05. The van der Waals surface area contributed by atoms with Gasteiger partial charge in [0.15, 0.2) is 0 Å². The van der Waals surface area contributed by atoms with Crippen molar-refractivity contribution in [1.82, 2.24) is 15.3 Å². The Hall–Kier alpha value is -2.70. The van der Waals surface area contributed by atoms with Crippen LogP contribution >= 0.6 is 0 Å². The van der Waals surface area contributed by atoms with Crippen LogP contribution in [0.1, 0.15) is 44.1 Å². The minimum atomic E-state index is -0.260. The molecule has 0 atom stereocenters. The molecule has 2 heterocycles. The number of amides is 1. The number of piperidine rings is 1. The Labute approximate surface area is 170 Å². The van der Waals surface area contributed by atoms with Crippen molar-refractivity contribution >= 4 is 17.5 Å². The van der Waals surface area contributed by atoms with Crippen LogP contribution in [-0.2, 0) is 11.3 Å². The van der Waals surface area contributed by atoms with Crippen LogP contribution in [-0.4, -0.2) is 35.0 Å². The highest BCUT2D eigenvalue weighted by Gasteiger charge is 2.23. The van der Waals surface area contributed by atoms with Gasteiger partial charge in [0.1, 0.15) is 23.8 Å². The molecule has 1 saturated heterocycles. The molecular formula is C22H28FN5O. The molecule has 2 fully saturated rings. The Morgan fingerprint density at radius 1 is 1.10 bits per heavy atom. The number of anilines is 2. The van der Waals surface area contributed by atoms with E-state index in [1.165, 1.54) is 25.0 Å². The van der Waals surface area contributed by atoms with Crippen molar-refractivity contribution in [3.05, 3.63) is 48.0 Å². The zero-order valence-electron chi connectivity index (χ0n) is 16.6. The second-order valence-electron chi connectivity index (χ2n) is 8.05. The fraction of sp³-hybridized carbons (Fsp3) is 0.500. The van der Waals surface area contributed by atoms with E-state index < -0.39 is 0 Å². The molecule has 1 amide bonds. The number of aromatic nitrogens is 2. The van der Waals surface area contributed by atoms with Crippen molar-refractivity contribution in [2.75, 3.05) is 23.3 Å². The van der Waals surface area contributed by atoms with E-state index in [9.17, 15) is 9.18 Å². The fourth-order valence-corrected chi connectivity index (χ4v) is 3.71. The van der Waals surface area contributed by atoms with Gasteiger partial charge in [0.05, 0.1) is 0 Å². The highest BCUT2D eigenvalue weighted by Crippen LogP contribution is 2.27. The average Bonchev–Trinajstić information content (AvgIpc) is 3.56. The van der Waals surface area contributed by atoms with Gasteiger partial charge in [0.25, 0.3) is 0 Å². The highest BCUT2D eigenvalue weighted by atomic mass is 19.1. The summed E-state index contributed by atoms with van der Waals surface area (Å²) in [5.41, 5.74) is 0.911. The molecule has 1 aliphatic heterocycles. The molecule has 7 heteroatoms. The number of rotatable bonds is 8. The van der Waals surface area contributed by atoms with E-state index in [2.05, 4.69) is 25.5 Å². The third-order valence-electron chi connectivity index (χ3n) is 5.70. The van der Waals surface area contributed by atoms with Crippen molar-refractivity contribution in [2.45, 2.75) is 51.1 Å². The average molecular weight is 397 g/mol. The largest absolute Gasteiger partial charge is 0.367 e. The van der Waals surface area contributed by atoms with Crippen LogP contribution in [0.5, 0.6) is 0 Å². The molecule has 0 radical (unpaired) electrons. The lowest BCUT2D eigenvalue weighted by Gasteiger charge is -2.32. The summed E-state index contributed by atoms with van der Waals surface area (Å²) in [4.78, 5) is 23.2. The maximum Gasteiger partial charge on any atom is 0.220 e. The lowest BCUT2D eigenvalue weighted by Crippen LogP contribution is -2.34. The van der Waals surface area contributed by atoms with Gasteiger partial charge >= 0.3 is 0 Å². The number of carbonyl (C=O) groups excluding carboxylic acids is 1. The molecule has 154 valence electrons. The van der Waals surface area contributed by atoms with E-state index in [1.54, 1.807) is 18.5 Å². The first-order chi connectivity index (χ1) is 14.2. The van der Waals surface area contributed by atoms with Gasteiger partial charge in [-0.05, 0) is 55.7 Å². The maximum atomic E-state index is 12.9. The number of hydrogen-bond donors (Lipinski definition) is 2. The molecule has 0 spiro atoms. The Balaban J connectivity index is 1.17. The Bertz CT molecular complexity index is 816. The summed E-state index contributed by atoms with van der Waals surface area (Å²) in [6.45, 7) is 2.37. The molecule has 1 aromatic carbocycles. The fourth-order valence-electron chi connectivity index (χ4n) is 3.71. The molecule has 2 N–H and O–H groups in total. The summed E-state index contributed by atoms with van der Waals surface area (Å²) in [6.07, 6.45) is 7.67. The SMILES string of the molecule is O=C(CCC1CCN(c2cc(NC3CC3)ncn2)CC1)NCc1ccc(F)cc1. The van der Waals surface area contributed by atoms with Crippen LogP contribution in [0, 0.1) is 11.7 Å². The van der Waals surface area contributed by atoms with E-state index >= 15 is 0 Å². The quantitative estimate of drug-likeness (QED) is 0.713. The van der Waals surface area contributed by atoms with Gasteiger partial charge in [0.2, 0.25) is 5.91 Å². The van der Waals surface area contributed by atoms with Gasteiger partial charge in [-0.25, -0.2) is 14.4 Å². The maximum absolute atomic E-state index is 12.9. The minimum Gasteiger partial charge on any atom is -0.367 e. The molecule has 0 bridgehead atoms. The smallest absolute Gasteiger partial charge is 0.220 e. The number of nitrogens with zero attached hydrogens (tertiary/aromatic N) is 3. The van der Waals surface area contributed by atoms with Crippen LogP contribution in [0.3, 0.4) is 0 Å². The molecule has 1 aliphatic carbocycles. The molecule has 2 aromatic rings. The molecular weight excluding hydrogens is 369 g/mol. The summed E-state index contributed by atoms with van der Waals surface area (Å²) in [7, 11) is 0. The molecule has 6 nitrogen and oxygen atoms in total. The zero-order valence-corrected chi connectivity index (χ0v) is 16.6. The lowest BCUT2D eigenvalue weighted by molar-refractivity contribution is -0.121. The van der Waals surface area contributed by atoms with Crippen LogP contribution in [0.15, 0.2) is 36.7 Å². The van der Waals surface area contributed by atoms with E-state index in [-0.39, 0.29) is 11.7 Å². The van der Waals surface area contributed by atoms with E-state index in [0.29, 0.717) is 24.9 Å². The van der Waals surface area contributed by atoms with Gasteiger partial charge in [-0.3, -0.25) is 4.79 Å². The highest BCUT2D eigenvalue weighted by molar-refractivity contribution is 5.75. The summed E-state index contributed by atoms with van der Waals surface area (Å²) in [5.74, 6) is 2.26. The first-order valence-electron chi connectivity index (χ1n) is 10.5. The molecule has 1 saturated carbocycles.